The van der Waals surface area contributed by atoms with Crippen LogP contribution in [0.3, 0.4) is 0 Å². The topological polar surface area (TPSA) is 69.7 Å². The van der Waals surface area contributed by atoms with Gasteiger partial charge in [-0.1, -0.05) is 6.07 Å². The van der Waals surface area contributed by atoms with Crippen molar-refractivity contribution in [1.82, 2.24) is 4.98 Å². The summed E-state index contributed by atoms with van der Waals surface area (Å²) in [6, 6.07) is 9.59. The molecule has 1 amide bonds. The highest BCUT2D eigenvalue weighted by atomic mass is 32.1. The highest BCUT2D eigenvalue weighted by molar-refractivity contribution is 7.15. The summed E-state index contributed by atoms with van der Waals surface area (Å²) in [5, 5.41) is 3.15. The Balaban J connectivity index is 1.93. The van der Waals surface area contributed by atoms with Gasteiger partial charge in [-0.25, -0.2) is 9.37 Å². The molecule has 0 fully saturated rings. The molecular weight excluding hydrogens is 383 g/mol. The standard InChI is InChI=1S/C20H19FN2O4S/c1-11-18(19(24)22-14-9-8-12(25-2)10-16(14)27-4)23-20(28-11)17-13(21)6-5-7-15(17)26-3/h5-10H,1-4H3,(H,22,24). The number of thiazole rings is 1. The number of hydrogen-bond donors (Lipinski definition) is 1. The summed E-state index contributed by atoms with van der Waals surface area (Å²) in [6.45, 7) is 1.76. The SMILES string of the molecule is COc1ccc(NC(=O)c2nc(-c3c(F)cccc3OC)sc2C)c(OC)c1. The van der Waals surface area contributed by atoms with Crippen LogP contribution in [0.25, 0.3) is 10.6 Å². The zero-order valence-corrected chi connectivity index (χ0v) is 16.6. The molecule has 0 unspecified atom stereocenters. The number of hydrogen-bond acceptors (Lipinski definition) is 6. The van der Waals surface area contributed by atoms with E-state index in [1.807, 2.05) is 0 Å². The smallest absolute Gasteiger partial charge is 0.275 e. The fourth-order valence-electron chi connectivity index (χ4n) is 2.68. The van der Waals surface area contributed by atoms with Gasteiger partial charge in [0.1, 0.15) is 33.8 Å². The number of carbonyl (C=O) groups is 1. The third kappa shape index (κ3) is 3.77. The minimum Gasteiger partial charge on any atom is -0.497 e. The second-order valence-electron chi connectivity index (χ2n) is 5.76. The second-order valence-corrected chi connectivity index (χ2v) is 6.96. The van der Waals surface area contributed by atoms with Crippen molar-refractivity contribution >= 4 is 22.9 Å². The van der Waals surface area contributed by atoms with E-state index in [-0.39, 0.29) is 11.3 Å². The first-order valence-corrected chi connectivity index (χ1v) is 9.13. The van der Waals surface area contributed by atoms with Gasteiger partial charge in [0.2, 0.25) is 0 Å². The molecule has 0 atom stereocenters. The Morgan fingerprint density at radius 1 is 1.07 bits per heavy atom. The average Bonchev–Trinajstić information content (AvgIpc) is 3.09. The summed E-state index contributed by atoms with van der Waals surface area (Å²) >= 11 is 1.22. The Bertz CT molecular complexity index is 1020. The first-order valence-electron chi connectivity index (χ1n) is 8.32. The van der Waals surface area contributed by atoms with Crippen molar-refractivity contribution in [3.8, 4) is 27.8 Å². The molecule has 0 aliphatic heterocycles. The second kappa shape index (κ2) is 8.26. The number of ether oxygens (including phenoxy) is 3. The largest absolute Gasteiger partial charge is 0.497 e. The number of halogens is 1. The molecule has 8 heteroatoms. The van der Waals surface area contributed by atoms with Crippen molar-refractivity contribution in [2.24, 2.45) is 0 Å². The molecule has 1 heterocycles. The van der Waals surface area contributed by atoms with E-state index >= 15 is 0 Å². The average molecular weight is 402 g/mol. The molecule has 28 heavy (non-hydrogen) atoms. The van der Waals surface area contributed by atoms with E-state index in [1.54, 1.807) is 44.4 Å². The number of benzene rings is 2. The predicted molar refractivity (Wildman–Crippen MR) is 106 cm³/mol. The van der Waals surface area contributed by atoms with Gasteiger partial charge in [0.05, 0.1) is 32.6 Å². The van der Waals surface area contributed by atoms with E-state index in [0.717, 1.165) is 0 Å². The van der Waals surface area contributed by atoms with Crippen LogP contribution in [0, 0.1) is 12.7 Å². The minimum atomic E-state index is -0.461. The van der Waals surface area contributed by atoms with Crippen molar-refractivity contribution in [1.29, 1.82) is 0 Å². The maximum atomic E-state index is 14.3. The number of methoxy groups -OCH3 is 3. The summed E-state index contributed by atoms with van der Waals surface area (Å²) in [4.78, 5) is 17.8. The molecule has 3 rings (SSSR count). The lowest BCUT2D eigenvalue weighted by Crippen LogP contribution is -2.14. The van der Waals surface area contributed by atoms with Gasteiger partial charge in [-0.2, -0.15) is 0 Å². The molecule has 1 N–H and O–H groups in total. The van der Waals surface area contributed by atoms with Crippen LogP contribution in [0.4, 0.5) is 10.1 Å². The number of aromatic nitrogens is 1. The highest BCUT2D eigenvalue weighted by Crippen LogP contribution is 2.37. The molecule has 0 aliphatic carbocycles. The first kappa shape index (κ1) is 19.6. The number of anilines is 1. The van der Waals surface area contributed by atoms with E-state index < -0.39 is 11.7 Å². The molecule has 0 bridgehead atoms. The molecular formula is C20H19FN2O4S. The Kier molecular flexibility index (Phi) is 5.79. The van der Waals surface area contributed by atoms with Crippen molar-refractivity contribution in [2.45, 2.75) is 6.92 Å². The van der Waals surface area contributed by atoms with Crippen molar-refractivity contribution in [3.63, 3.8) is 0 Å². The van der Waals surface area contributed by atoms with Gasteiger partial charge in [-0.15, -0.1) is 11.3 Å². The lowest BCUT2D eigenvalue weighted by atomic mass is 10.2. The van der Waals surface area contributed by atoms with Crippen LogP contribution < -0.4 is 19.5 Å². The van der Waals surface area contributed by atoms with Crippen LogP contribution in [0.5, 0.6) is 17.2 Å². The number of rotatable bonds is 6. The molecule has 0 saturated heterocycles. The van der Waals surface area contributed by atoms with Crippen LogP contribution in [-0.4, -0.2) is 32.2 Å². The van der Waals surface area contributed by atoms with Gasteiger partial charge in [0, 0.05) is 10.9 Å². The quantitative estimate of drug-likeness (QED) is 0.656. The molecule has 6 nitrogen and oxygen atoms in total. The van der Waals surface area contributed by atoms with Crippen LogP contribution in [0.1, 0.15) is 15.4 Å². The minimum absolute atomic E-state index is 0.211. The van der Waals surface area contributed by atoms with E-state index in [2.05, 4.69) is 10.3 Å². The monoisotopic (exact) mass is 402 g/mol. The molecule has 0 radical (unpaired) electrons. The van der Waals surface area contributed by atoms with Crippen molar-refractivity contribution in [2.75, 3.05) is 26.6 Å². The third-order valence-corrected chi connectivity index (χ3v) is 5.07. The summed E-state index contributed by atoms with van der Waals surface area (Å²) < 4.78 is 30.0. The molecule has 0 aliphatic rings. The van der Waals surface area contributed by atoms with Crippen LogP contribution in [-0.2, 0) is 0 Å². The molecule has 146 valence electrons. The van der Waals surface area contributed by atoms with Crippen LogP contribution in [0.2, 0.25) is 0 Å². The summed E-state index contributed by atoms with van der Waals surface area (Å²) in [6.07, 6.45) is 0. The van der Waals surface area contributed by atoms with Gasteiger partial charge in [0.25, 0.3) is 5.91 Å². The fourth-order valence-corrected chi connectivity index (χ4v) is 3.64. The van der Waals surface area contributed by atoms with Crippen LogP contribution in [0.15, 0.2) is 36.4 Å². The zero-order valence-electron chi connectivity index (χ0n) is 15.8. The van der Waals surface area contributed by atoms with Crippen molar-refractivity contribution < 1.29 is 23.4 Å². The molecule has 2 aromatic carbocycles. The first-order chi connectivity index (χ1) is 13.5. The van der Waals surface area contributed by atoms with Gasteiger partial charge >= 0.3 is 0 Å². The van der Waals surface area contributed by atoms with E-state index in [4.69, 9.17) is 14.2 Å². The van der Waals surface area contributed by atoms with Gasteiger partial charge in [-0.05, 0) is 31.2 Å². The Labute approximate surface area is 165 Å². The normalized spacial score (nSPS) is 10.5. The molecule has 3 aromatic rings. The highest BCUT2D eigenvalue weighted by Gasteiger charge is 2.21. The number of nitrogens with one attached hydrogen (secondary N) is 1. The number of carbonyl (C=O) groups excluding carboxylic acids is 1. The van der Waals surface area contributed by atoms with Crippen LogP contribution >= 0.6 is 11.3 Å². The number of nitrogens with zero attached hydrogens (tertiary/aromatic N) is 1. The third-order valence-electron chi connectivity index (χ3n) is 4.08. The van der Waals surface area contributed by atoms with E-state index in [0.29, 0.717) is 32.8 Å². The van der Waals surface area contributed by atoms with Crippen molar-refractivity contribution in [3.05, 3.63) is 52.8 Å². The Morgan fingerprint density at radius 2 is 1.82 bits per heavy atom. The summed E-state index contributed by atoms with van der Waals surface area (Å²) in [7, 11) is 4.51. The van der Waals surface area contributed by atoms with Gasteiger partial charge in [-0.3, -0.25) is 4.79 Å². The van der Waals surface area contributed by atoms with E-state index in [1.165, 1.54) is 31.6 Å². The predicted octanol–water partition coefficient (Wildman–Crippen LogP) is 4.54. The van der Waals surface area contributed by atoms with E-state index in [9.17, 15) is 9.18 Å². The lowest BCUT2D eigenvalue weighted by Gasteiger charge is -2.11. The Hall–Kier alpha value is -3.13. The number of amides is 1. The fraction of sp³-hybridized carbons (Fsp3) is 0.200. The number of aryl methyl sites for hydroxylation is 1. The summed E-state index contributed by atoms with van der Waals surface area (Å²) in [5.74, 6) is 0.540. The van der Waals surface area contributed by atoms with Gasteiger partial charge in [0.15, 0.2) is 0 Å². The maximum absolute atomic E-state index is 14.3. The zero-order chi connectivity index (χ0) is 20.3. The lowest BCUT2D eigenvalue weighted by molar-refractivity contribution is 0.102. The maximum Gasteiger partial charge on any atom is 0.275 e. The summed E-state index contributed by atoms with van der Waals surface area (Å²) in [5.41, 5.74) is 0.924. The molecule has 1 aromatic heterocycles. The molecule has 0 spiro atoms. The molecule has 0 saturated carbocycles. The Morgan fingerprint density at radius 3 is 2.50 bits per heavy atom. The van der Waals surface area contributed by atoms with Gasteiger partial charge < -0.3 is 19.5 Å².